The number of benzene rings is 3. The molecule has 6 rings (SSSR count). The smallest absolute Gasteiger partial charge is 0.407 e. The molecule has 0 saturated carbocycles. The van der Waals surface area contributed by atoms with Gasteiger partial charge in [-0.2, -0.15) is 0 Å². The van der Waals surface area contributed by atoms with E-state index in [1.165, 1.54) is 0 Å². The summed E-state index contributed by atoms with van der Waals surface area (Å²) < 4.78 is 28.0. The van der Waals surface area contributed by atoms with Crippen LogP contribution in [0.3, 0.4) is 0 Å². The third kappa shape index (κ3) is 11.2. The normalized spacial score (nSPS) is 23.1. The number of ether oxygens (including phenoxy) is 5. The van der Waals surface area contributed by atoms with E-state index in [4.69, 9.17) is 23.7 Å². The Morgan fingerprint density at radius 2 is 1.70 bits per heavy atom. The summed E-state index contributed by atoms with van der Waals surface area (Å²) in [5.41, 5.74) is 3.69. The van der Waals surface area contributed by atoms with Crippen LogP contribution in [0.1, 0.15) is 41.1 Å². The van der Waals surface area contributed by atoms with E-state index < -0.39 is 42.4 Å². The zero-order valence-electron chi connectivity index (χ0n) is 30.4. The highest BCUT2D eigenvalue weighted by atomic mass is 16.6. The van der Waals surface area contributed by atoms with Gasteiger partial charge in [-0.1, -0.05) is 66.7 Å². The summed E-state index contributed by atoms with van der Waals surface area (Å²) in [5.74, 6) is -0.239. The van der Waals surface area contributed by atoms with Gasteiger partial charge in [0.1, 0.15) is 18.5 Å². The van der Waals surface area contributed by atoms with E-state index in [1.54, 1.807) is 7.11 Å². The average Bonchev–Trinajstić information content (AvgIpc) is 3.74. The monoisotopic (exact) mass is 731 g/mol. The predicted molar refractivity (Wildman–Crippen MR) is 198 cm³/mol. The van der Waals surface area contributed by atoms with Gasteiger partial charge >= 0.3 is 6.09 Å². The molecule has 3 aliphatic rings. The highest BCUT2D eigenvalue weighted by Gasteiger charge is 2.36. The Balaban J connectivity index is 1.15. The van der Waals surface area contributed by atoms with Crippen molar-refractivity contribution in [2.75, 3.05) is 59.8 Å². The van der Waals surface area contributed by atoms with E-state index in [2.05, 4.69) is 15.5 Å². The Morgan fingerprint density at radius 1 is 0.962 bits per heavy atom. The first-order valence-electron chi connectivity index (χ1n) is 18.7. The molecule has 0 spiro atoms. The largest absolute Gasteiger partial charge is 0.492 e. The SMILES string of the molecule is COC[C@@H]1C[C@H](OC(=O)N[C@@H](Cc2ccccc2)[C@@H](O)C[C@@H](Cc2ccc(OCCN3CCOCC3)cc2)C(=O)N[C@H]2c3ccccc3C[C@H]2O)CO1. The van der Waals surface area contributed by atoms with Crippen molar-refractivity contribution < 1.29 is 43.5 Å². The number of alkyl carbamates (subject to hydrolysis) is 1. The number of carbonyl (C=O) groups is 2. The molecule has 0 radical (unpaired) electrons. The van der Waals surface area contributed by atoms with Crippen molar-refractivity contribution >= 4 is 12.0 Å². The number of aliphatic hydroxyl groups excluding tert-OH is 2. The predicted octanol–water partition coefficient (Wildman–Crippen LogP) is 3.22. The molecule has 7 atom stereocenters. The van der Waals surface area contributed by atoms with E-state index in [0.29, 0.717) is 38.9 Å². The minimum Gasteiger partial charge on any atom is -0.492 e. The maximum atomic E-state index is 14.2. The van der Waals surface area contributed by atoms with E-state index in [0.717, 1.165) is 60.9 Å². The lowest BCUT2D eigenvalue weighted by molar-refractivity contribution is -0.127. The van der Waals surface area contributed by atoms with Gasteiger partial charge in [0.05, 0.1) is 56.8 Å². The van der Waals surface area contributed by atoms with Crippen LogP contribution >= 0.6 is 0 Å². The molecule has 0 aromatic heterocycles. The topological polar surface area (TPSA) is 148 Å². The van der Waals surface area contributed by atoms with Gasteiger partial charge in [-0.25, -0.2) is 4.79 Å². The van der Waals surface area contributed by atoms with Gasteiger partial charge in [0.15, 0.2) is 0 Å². The highest BCUT2D eigenvalue weighted by Crippen LogP contribution is 2.32. The van der Waals surface area contributed by atoms with E-state index in [1.807, 2.05) is 78.9 Å². The lowest BCUT2D eigenvalue weighted by Crippen LogP contribution is -2.48. The van der Waals surface area contributed by atoms with Crippen LogP contribution in [0.2, 0.25) is 0 Å². The van der Waals surface area contributed by atoms with Crippen LogP contribution in [0.4, 0.5) is 4.79 Å². The number of amides is 2. The molecular weight excluding hydrogens is 678 g/mol. The fraction of sp³-hybridized carbons (Fsp3) is 0.512. The molecule has 2 heterocycles. The molecule has 2 amide bonds. The minimum atomic E-state index is -1.11. The van der Waals surface area contributed by atoms with Gasteiger partial charge in [-0.05, 0) is 53.6 Å². The zero-order valence-corrected chi connectivity index (χ0v) is 30.4. The van der Waals surface area contributed by atoms with Crippen molar-refractivity contribution in [1.29, 1.82) is 0 Å². The molecule has 1 aliphatic carbocycles. The van der Waals surface area contributed by atoms with Crippen molar-refractivity contribution in [1.82, 2.24) is 15.5 Å². The molecule has 0 unspecified atom stereocenters. The minimum absolute atomic E-state index is 0.0499. The fourth-order valence-electron chi connectivity index (χ4n) is 7.43. The lowest BCUT2D eigenvalue weighted by Gasteiger charge is -2.29. The first kappa shape index (κ1) is 38.7. The van der Waals surface area contributed by atoms with Crippen LogP contribution in [0.5, 0.6) is 5.75 Å². The van der Waals surface area contributed by atoms with Crippen LogP contribution in [-0.4, -0.2) is 117 Å². The number of hydrogen-bond acceptors (Lipinski definition) is 10. The van der Waals surface area contributed by atoms with Crippen LogP contribution < -0.4 is 15.4 Å². The molecule has 4 N–H and O–H groups in total. The third-order valence-corrected chi connectivity index (χ3v) is 10.3. The summed E-state index contributed by atoms with van der Waals surface area (Å²) in [7, 11) is 1.60. The molecular formula is C41H53N3O9. The quantitative estimate of drug-likeness (QED) is 0.163. The van der Waals surface area contributed by atoms with E-state index >= 15 is 0 Å². The molecule has 12 nitrogen and oxygen atoms in total. The number of carbonyl (C=O) groups excluding carboxylic acids is 2. The standard InChI is InChI=1S/C41H53N3O9/c1-49-26-33-25-34(27-52-33)53-41(48)42-36(22-28-7-3-2-4-8-28)37(45)24-31(40(47)43-39-35-10-6-5-9-30(35)23-38(39)46)21-29-11-13-32(14-12-29)51-20-17-44-15-18-50-19-16-44/h2-14,31,33-34,36-39,45-46H,15-27H2,1H3,(H,42,48)(H,43,47)/t31-,33+,34+,36+,37+,38-,39+/m1/s1. The van der Waals surface area contributed by atoms with Crippen molar-refractivity contribution in [2.24, 2.45) is 5.92 Å². The number of nitrogens with one attached hydrogen (secondary N) is 2. The molecule has 12 heteroatoms. The zero-order chi connectivity index (χ0) is 37.0. The van der Waals surface area contributed by atoms with Crippen molar-refractivity contribution in [3.05, 3.63) is 101 Å². The maximum Gasteiger partial charge on any atom is 0.407 e. The third-order valence-electron chi connectivity index (χ3n) is 10.3. The fourth-order valence-corrected chi connectivity index (χ4v) is 7.43. The van der Waals surface area contributed by atoms with Gasteiger partial charge in [-0.3, -0.25) is 9.69 Å². The Hall–Kier alpha value is -4.04. The van der Waals surface area contributed by atoms with Gasteiger partial charge < -0.3 is 44.5 Å². The number of methoxy groups -OCH3 is 1. The number of fused-ring (bicyclic) bond motifs is 1. The van der Waals surface area contributed by atoms with Crippen LogP contribution in [0.25, 0.3) is 0 Å². The van der Waals surface area contributed by atoms with Crippen LogP contribution in [0, 0.1) is 5.92 Å². The van der Waals surface area contributed by atoms with Gasteiger partial charge in [0, 0.05) is 45.5 Å². The second-order valence-electron chi connectivity index (χ2n) is 14.2. The van der Waals surface area contributed by atoms with Crippen LogP contribution in [-0.2, 0) is 43.0 Å². The highest BCUT2D eigenvalue weighted by molar-refractivity contribution is 5.80. The van der Waals surface area contributed by atoms with Gasteiger partial charge in [0.2, 0.25) is 5.91 Å². The van der Waals surface area contributed by atoms with Gasteiger partial charge in [-0.15, -0.1) is 0 Å². The van der Waals surface area contributed by atoms with Crippen molar-refractivity contribution in [2.45, 2.75) is 68.6 Å². The molecule has 2 saturated heterocycles. The average molecular weight is 732 g/mol. The first-order valence-corrected chi connectivity index (χ1v) is 18.7. The first-order chi connectivity index (χ1) is 25.8. The molecule has 3 aromatic carbocycles. The summed E-state index contributed by atoms with van der Waals surface area (Å²) in [6, 6.07) is 23.6. The number of hydrogen-bond donors (Lipinski definition) is 4. The summed E-state index contributed by atoms with van der Waals surface area (Å²) in [6.07, 6.45) is -1.45. The number of morpholine rings is 1. The number of aliphatic hydroxyl groups is 2. The second-order valence-corrected chi connectivity index (χ2v) is 14.2. The molecule has 2 fully saturated rings. The van der Waals surface area contributed by atoms with E-state index in [-0.39, 0.29) is 25.0 Å². The van der Waals surface area contributed by atoms with Crippen LogP contribution in [0.15, 0.2) is 78.9 Å². The van der Waals surface area contributed by atoms with Crippen molar-refractivity contribution in [3.8, 4) is 5.75 Å². The number of rotatable bonds is 17. The number of nitrogens with zero attached hydrogens (tertiary/aromatic N) is 1. The maximum absolute atomic E-state index is 14.2. The van der Waals surface area contributed by atoms with Gasteiger partial charge in [0.25, 0.3) is 0 Å². The Morgan fingerprint density at radius 3 is 2.47 bits per heavy atom. The molecule has 2 aliphatic heterocycles. The summed E-state index contributed by atoms with van der Waals surface area (Å²) in [5, 5.41) is 28.8. The Labute approximate surface area is 311 Å². The molecule has 0 bridgehead atoms. The molecule has 53 heavy (non-hydrogen) atoms. The second kappa shape index (κ2) is 19.3. The summed E-state index contributed by atoms with van der Waals surface area (Å²) in [4.78, 5) is 29.7. The molecule has 3 aromatic rings. The lowest BCUT2D eigenvalue weighted by atomic mass is 9.88. The van der Waals surface area contributed by atoms with E-state index in [9.17, 15) is 19.8 Å². The molecule has 286 valence electrons. The Bertz CT molecular complexity index is 1590. The summed E-state index contributed by atoms with van der Waals surface area (Å²) in [6.45, 7) is 5.32. The summed E-state index contributed by atoms with van der Waals surface area (Å²) >= 11 is 0. The van der Waals surface area contributed by atoms with Crippen molar-refractivity contribution in [3.63, 3.8) is 0 Å². The Kier molecular flexibility index (Phi) is 14.1.